The van der Waals surface area contributed by atoms with E-state index in [1.54, 1.807) is 0 Å². The molecule has 1 N–H and O–H groups in total. The van der Waals surface area contributed by atoms with Gasteiger partial charge < -0.3 is 10.1 Å². The SMILES string of the molecule is C=C1C2c3ccccc3C(c3ccccc32)[C@@H]1C(=O)O[C@@H]1CCC[C@@]12CCC[C@H]2NC(=O)C(C)(C)C. The zero-order chi connectivity index (χ0) is 25.2. The number of carbonyl (C=O) groups excluding carboxylic acids is 2. The molecule has 36 heavy (non-hydrogen) atoms. The molecule has 0 saturated heterocycles. The summed E-state index contributed by atoms with van der Waals surface area (Å²) >= 11 is 0. The number of nitrogens with one attached hydrogen (secondary N) is 1. The molecule has 5 aliphatic rings. The van der Waals surface area contributed by atoms with Crippen molar-refractivity contribution in [3.63, 3.8) is 0 Å². The predicted octanol–water partition coefficient (Wildman–Crippen LogP) is 6.25. The van der Waals surface area contributed by atoms with E-state index < -0.39 is 5.41 Å². The molecule has 1 spiro atoms. The van der Waals surface area contributed by atoms with E-state index >= 15 is 0 Å². The first-order valence-corrected chi connectivity index (χ1v) is 13.6. The molecule has 4 atom stereocenters. The van der Waals surface area contributed by atoms with Crippen molar-refractivity contribution in [2.45, 2.75) is 83.3 Å². The van der Waals surface area contributed by atoms with Gasteiger partial charge in [-0.2, -0.15) is 0 Å². The van der Waals surface area contributed by atoms with Crippen molar-refractivity contribution in [3.8, 4) is 0 Å². The number of rotatable bonds is 3. The maximum Gasteiger partial charge on any atom is 0.314 e. The Balaban J connectivity index is 1.30. The van der Waals surface area contributed by atoms with Crippen LogP contribution >= 0.6 is 0 Å². The largest absolute Gasteiger partial charge is 0.461 e. The second kappa shape index (κ2) is 8.33. The summed E-state index contributed by atoms with van der Waals surface area (Å²) in [5, 5.41) is 3.35. The third-order valence-electron chi connectivity index (χ3n) is 9.47. The summed E-state index contributed by atoms with van der Waals surface area (Å²) in [6, 6.07) is 17.1. The van der Waals surface area contributed by atoms with Crippen LogP contribution in [0.5, 0.6) is 0 Å². The van der Waals surface area contributed by atoms with Gasteiger partial charge in [-0.15, -0.1) is 0 Å². The maximum atomic E-state index is 14.0. The summed E-state index contributed by atoms with van der Waals surface area (Å²) in [5.41, 5.74) is 5.37. The zero-order valence-electron chi connectivity index (χ0n) is 21.7. The molecule has 0 aliphatic heterocycles. The molecule has 2 bridgehead atoms. The van der Waals surface area contributed by atoms with Gasteiger partial charge in [0, 0.05) is 28.7 Å². The van der Waals surface area contributed by atoms with Crippen LogP contribution in [0.4, 0.5) is 0 Å². The molecule has 0 radical (unpaired) electrons. The Morgan fingerprint density at radius 3 is 2.06 bits per heavy atom. The van der Waals surface area contributed by atoms with Crippen molar-refractivity contribution in [2.24, 2.45) is 16.7 Å². The van der Waals surface area contributed by atoms with E-state index in [0.29, 0.717) is 0 Å². The number of ether oxygens (including phenoxy) is 1. The van der Waals surface area contributed by atoms with Crippen LogP contribution in [0.3, 0.4) is 0 Å². The lowest BCUT2D eigenvalue weighted by molar-refractivity contribution is -0.160. The minimum absolute atomic E-state index is 0.0304. The molecular formula is C32H37NO3. The molecule has 1 amide bonds. The van der Waals surface area contributed by atoms with Gasteiger partial charge in [0.05, 0.1) is 5.92 Å². The van der Waals surface area contributed by atoms with Crippen molar-refractivity contribution >= 4 is 11.9 Å². The highest BCUT2D eigenvalue weighted by Crippen LogP contribution is 2.59. The maximum absolute atomic E-state index is 14.0. The van der Waals surface area contributed by atoms with E-state index in [9.17, 15) is 9.59 Å². The lowest BCUT2D eigenvalue weighted by Crippen LogP contribution is -2.52. The smallest absolute Gasteiger partial charge is 0.314 e. The van der Waals surface area contributed by atoms with Crippen LogP contribution in [0.1, 0.15) is 93.4 Å². The summed E-state index contributed by atoms with van der Waals surface area (Å²) in [6.45, 7) is 10.3. The van der Waals surface area contributed by atoms with Gasteiger partial charge in [-0.3, -0.25) is 9.59 Å². The van der Waals surface area contributed by atoms with Crippen LogP contribution in [-0.4, -0.2) is 24.0 Å². The molecule has 2 aromatic rings. The highest BCUT2D eigenvalue weighted by Gasteiger charge is 2.56. The highest BCUT2D eigenvalue weighted by atomic mass is 16.5. The lowest BCUT2D eigenvalue weighted by atomic mass is 9.57. The normalized spacial score (nSPS) is 32.3. The Morgan fingerprint density at radius 2 is 1.47 bits per heavy atom. The first kappa shape index (κ1) is 23.5. The van der Waals surface area contributed by atoms with E-state index in [2.05, 4.69) is 60.4 Å². The van der Waals surface area contributed by atoms with Crippen molar-refractivity contribution in [2.75, 3.05) is 0 Å². The van der Waals surface area contributed by atoms with Gasteiger partial charge in [0.25, 0.3) is 0 Å². The number of hydrogen-bond donors (Lipinski definition) is 1. The molecule has 5 aliphatic carbocycles. The number of fused-ring (bicyclic) bond motifs is 1. The third-order valence-corrected chi connectivity index (χ3v) is 9.47. The molecule has 2 saturated carbocycles. The van der Waals surface area contributed by atoms with Crippen LogP contribution in [0.15, 0.2) is 60.7 Å². The van der Waals surface area contributed by atoms with Gasteiger partial charge in [-0.1, -0.05) is 87.9 Å². The lowest BCUT2D eigenvalue weighted by Gasteiger charge is -2.46. The summed E-state index contributed by atoms with van der Waals surface area (Å²) in [6.07, 6.45) is 5.77. The van der Waals surface area contributed by atoms with E-state index in [1.165, 1.54) is 22.3 Å². The summed E-state index contributed by atoms with van der Waals surface area (Å²) in [4.78, 5) is 26.9. The molecular weight excluding hydrogens is 446 g/mol. The van der Waals surface area contributed by atoms with Crippen LogP contribution in [-0.2, 0) is 14.3 Å². The molecule has 4 nitrogen and oxygen atoms in total. The average Bonchev–Trinajstić information content (AvgIpc) is 3.45. The van der Waals surface area contributed by atoms with Crippen molar-refractivity contribution in [3.05, 3.63) is 82.9 Å². The van der Waals surface area contributed by atoms with Gasteiger partial charge in [0.15, 0.2) is 0 Å². The van der Waals surface area contributed by atoms with Gasteiger partial charge in [0.2, 0.25) is 5.91 Å². The van der Waals surface area contributed by atoms with Gasteiger partial charge in [-0.05, 0) is 54.4 Å². The zero-order valence-corrected chi connectivity index (χ0v) is 21.7. The molecule has 188 valence electrons. The molecule has 4 heteroatoms. The molecule has 2 aromatic carbocycles. The number of esters is 1. The minimum atomic E-state index is -0.436. The average molecular weight is 484 g/mol. The Labute approximate surface area is 214 Å². The van der Waals surface area contributed by atoms with Gasteiger partial charge in [-0.25, -0.2) is 0 Å². The molecule has 0 aromatic heterocycles. The Kier molecular flexibility index (Phi) is 5.44. The topological polar surface area (TPSA) is 55.4 Å². The number of amides is 1. The fourth-order valence-electron chi connectivity index (χ4n) is 7.72. The number of benzene rings is 2. The number of carbonyl (C=O) groups is 2. The Bertz CT molecular complexity index is 1190. The molecule has 0 unspecified atom stereocenters. The molecule has 2 fully saturated rings. The second-order valence-corrected chi connectivity index (χ2v) is 12.4. The highest BCUT2D eigenvalue weighted by molar-refractivity contribution is 5.83. The standard InChI is InChI=1S/C32H37NO3/c1-19-26-20-11-5-7-13-22(20)28(23-14-8-6-12-21(23)26)27(19)29(34)36-25-16-10-18-32(25)17-9-15-24(32)33-30(35)31(2,3)4/h5-8,11-14,24-28H,1,9-10,15-18H2,2-4H3,(H,33,35)/t24-,25-,26?,27-,28?,32-/m1/s1. The van der Waals surface area contributed by atoms with Crippen molar-refractivity contribution in [1.82, 2.24) is 5.32 Å². The van der Waals surface area contributed by atoms with Crippen LogP contribution in [0, 0.1) is 16.7 Å². The minimum Gasteiger partial charge on any atom is -0.461 e. The third kappa shape index (κ3) is 3.40. The molecule has 7 rings (SSSR count). The van der Waals surface area contributed by atoms with E-state index in [1.807, 2.05) is 20.8 Å². The number of hydrogen-bond acceptors (Lipinski definition) is 3. The summed E-state index contributed by atoms with van der Waals surface area (Å²) in [7, 11) is 0. The van der Waals surface area contributed by atoms with E-state index in [4.69, 9.17) is 4.74 Å². The summed E-state index contributed by atoms with van der Waals surface area (Å²) < 4.78 is 6.49. The fourth-order valence-corrected chi connectivity index (χ4v) is 7.72. The second-order valence-electron chi connectivity index (χ2n) is 12.4. The van der Waals surface area contributed by atoms with E-state index in [0.717, 1.165) is 44.1 Å². The van der Waals surface area contributed by atoms with Crippen LogP contribution < -0.4 is 5.32 Å². The first-order chi connectivity index (χ1) is 17.2. The first-order valence-electron chi connectivity index (χ1n) is 13.6. The van der Waals surface area contributed by atoms with Crippen LogP contribution in [0.2, 0.25) is 0 Å². The Morgan fingerprint density at radius 1 is 0.917 bits per heavy atom. The molecule has 0 heterocycles. The quantitative estimate of drug-likeness (QED) is 0.415. The predicted molar refractivity (Wildman–Crippen MR) is 141 cm³/mol. The fraction of sp³-hybridized carbons (Fsp3) is 0.500. The Hall–Kier alpha value is -2.88. The summed E-state index contributed by atoms with van der Waals surface area (Å²) in [5.74, 6) is -0.459. The van der Waals surface area contributed by atoms with Crippen LogP contribution in [0.25, 0.3) is 0 Å². The van der Waals surface area contributed by atoms with Gasteiger partial charge >= 0.3 is 5.97 Å². The van der Waals surface area contributed by atoms with Gasteiger partial charge in [0.1, 0.15) is 6.10 Å². The monoisotopic (exact) mass is 483 g/mol. The van der Waals surface area contributed by atoms with Crippen molar-refractivity contribution in [1.29, 1.82) is 0 Å². The van der Waals surface area contributed by atoms with Crippen molar-refractivity contribution < 1.29 is 14.3 Å². The van der Waals surface area contributed by atoms with E-state index in [-0.39, 0.29) is 47.2 Å².